The van der Waals surface area contributed by atoms with Crippen LogP contribution in [0.5, 0.6) is 0 Å². The zero-order valence-electron chi connectivity index (χ0n) is 7.89. The Morgan fingerprint density at radius 2 is 2.14 bits per heavy atom. The first-order valence-electron chi connectivity index (χ1n) is 4.70. The van der Waals surface area contributed by atoms with E-state index in [9.17, 15) is 4.79 Å². The number of piperazine rings is 1. The molecule has 1 aromatic rings. The van der Waals surface area contributed by atoms with Gasteiger partial charge in [0.25, 0.3) is 5.91 Å². The Morgan fingerprint density at radius 1 is 1.36 bits per heavy atom. The topological polar surface area (TPSA) is 47.3 Å². The van der Waals surface area contributed by atoms with Gasteiger partial charge in [-0.15, -0.1) is 0 Å². The smallest absolute Gasteiger partial charge is 0.255 e. The Morgan fingerprint density at radius 3 is 2.79 bits per heavy atom. The summed E-state index contributed by atoms with van der Waals surface area (Å²) in [6.07, 6.45) is 3.27. The van der Waals surface area contributed by atoms with Gasteiger partial charge in [0, 0.05) is 38.6 Å². The van der Waals surface area contributed by atoms with Crippen LogP contribution in [0.4, 0.5) is 0 Å². The molecule has 4 heteroatoms. The minimum absolute atomic E-state index is 0.0630. The van der Waals surface area contributed by atoms with Gasteiger partial charge in [-0.2, -0.15) is 0 Å². The van der Waals surface area contributed by atoms with E-state index in [1.54, 1.807) is 24.5 Å². The number of carbonyl (C=O) groups excluding carboxylic acids is 1. The summed E-state index contributed by atoms with van der Waals surface area (Å²) in [5.74, 6) is 0.0630. The molecule has 0 saturated carbocycles. The van der Waals surface area contributed by atoms with Gasteiger partial charge in [-0.05, 0) is 12.1 Å². The molecule has 1 radical (unpaired) electrons. The molecule has 1 aliphatic heterocycles. The molecule has 1 saturated heterocycles. The summed E-state index contributed by atoms with van der Waals surface area (Å²) < 4.78 is 0. The van der Waals surface area contributed by atoms with E-state index in [2.05, 4.69) is 10.3 Å². The number of pyridine rings is 1. The van der Waals surface area contributed by atoms with Gasteiger partial charge in [0.05, 0.1) is 5.56 Å². The number of hydrogen-bond donors (Lipinski definition) is 0. The van der Waals surface area contributed by atoms with Gasteiger partial charge in [0.1, 0.15) is 0 Å². The first kappa shape index (κ1) is 9.15. The lowest BCUT2D eigenvalue weighted by molar-refractivity contribution is 0.0734. The second kappa shape index (κ2) is 4.19. The third-order valence-electron chi connectivity index (χ3n) is 2.25. The van der Waals surface area contributed by atoms with Crippen molar-refractivity contribution in [2.45, 2.75) is 0 Å². The van der Waals surface area contributed by atoms with Gasteiger partial charge >= 0.3 is 0 Å². The Kier molecular flexibility index (Phi) is 2.74. The van der Waals surface area contributed by atoms with Crippen LogP contribution in [-0.2, 0) is 0 Å². The minimum atomic E-state index is 0.0630. The first-order valence-corrected chi connectivity index (χ1v) is 4.70. The molecular formula is C10H12N3O. The highest BCUT2D eigenvalue weighted by atomic mass is 16.2. The normalized spacial score (nSPS) is 16.7. The molecule has 0 spiro atoms. The summed E-state index contributed by atoms with van der Waals surface area (Å²) in [5, 5.41) is 4.19. The van der Waals surface area contributed by atoms with Crippen molar-refractivity contribution >= 4 is 5.91 Å². The standard InChI is InChI=1S/C10H12N3O/c14-10(9-2-1-3-12-8-9)13-6-4-11-5-7-13/h1-3,8H,4-7H2. The van der Waals surface area contributed by atoms with Crippen molar-refractivity contribution in [2.75, 3.05) is 26.2 Å². The van der Waals surface area contributed by atoms with Gasteiger partial charge < -0.3 is 4.90 Å². The number of aromatic nitrogens is 1. The van der Waals surface area contributed by atoms with E-state index < -0.39 is 0 Å². The zero-order valence-corrected chi connectivity index (χ0v) is 7.89. The number of nitrogens with zero attached hydrogens (tertiary/aromatic N) is 3. The van der Waals surface area contributed by atoms with Crippen molar-refractivity contribution in [3.05, 3.63) is 30.1 Å². The van der Waals surface area contributed by atoms with Crippen LogP contribution < -0.4 is 5.32 Å². The van der Waals surface area contributed by atoms with Crippen molar-refractivity contribution in [3.63, 3.8) is 0 Å². The Hall–Kier alpha value is -1.42. The molecule has 0 aromatic carbocycles. The summed E-state index contributed by atoms with van der Waals surface area (Å²) in [6.45, 7) is 2.97. The highest BCUT2D eigenvalue weighted by Crippen LogP contribution is 2.04. The first-order chi connectivity index (χ1) is 6.88. The molecular weight excluding hydrogens is 178 g/mol. The van der Waals surface area contributed by atoms with Crippen LogP contribution in [-0.4, -0.2) is 42.0 Å². The molecule has 2 rings (SSSR count). The third kappa shape index (κ3) is 1.90. The summed E-state index contributed by atoms with van der Waals surface area (Å²) in [6, 6.07) is 3.57. The zero-order chi connectivity index (χ0) is 9.80. The molecule has 0 unspecified atom stereocenters. The van der Waals surface area contributed by atoms with Crippen LogP contribution in [0.1, 0.15) is 10.4 Å². The van der Waals surface area contributed by atoms with E-state index in [-0.39, 0.29) is 5.91 Å². The van der Waals surface area contributed by atoms with Crippen molar-refractivity contribution in [2.24, 2.45) is 0 Å². The maximum Gasteiger partial charge on any atom is 0.255 e. The molecule has 0 bridgehead atoms. The van der Waals surface area contributed by atoms with Gasteiger partial charge in [0.2, 0.25) is 0 Å². The third-order valence-corrected chi connectivity index (χ3v) is 2.25. The molecule has 2 heterocycles. The Bertz CT molecular complexity index is 306. The number of hydrogen-bond acceptors (Lipinski definition) is 2. The lowest BCUT2D eigenvalue weighted by Gasteiger charge is -2.26. The van der Waals surface area contributed by atoms with Crippen LogP contribution >= 0.6 is 0 Å². The van der Waals surface area contributed by atoms with E-state index in [1.165, 1.54) is 0 Å². The summed E-state index contributed by atoms with van der Waals surface area (Å²) >= 11 is 0. The van der Waals surface area contributed by atoms with Crippen LogP contribution in [0.3, 0.4) is 0 Å². The van der Waals surface area contributed by atoms with E-state index in [0.29, 0.717) is 5.56 Å². The maximum atomic E-state index is 11.8. The van der Waals surface area contributed by atoms with Crippen LogP contribution in [0.2, 0.25) is 0 Å². The fraction of sp³-hybridized carbons (Fsp3) is 0.400. The van der Waals surface area contributed by atoms with E-state index >= 15 is 0 Å². The van der Waals surface area contributed by atoms with E-state index in [1.807, 2.05) is 4.90 Å². The second-order valence-electron chi connectivity index (χ2n) is 3.20. The average molecular weight is 190 g/mol. The van der Waals surface area contributed by atoms with Gasteiger partial charge in [0.15, 0.2) is 0 Å². The van der Waals surface area contributed by atoms with Crippen LogP contribution in [0.15, 0.2) is 24.5 Å². The lowest BCUT2D eigenvalue weighted by atomic mass is 10.2. The Labute approximate surface area is 82.9 Å². The molecule has 4 nitrogen and oxygen atoms in total. The monoisotopic (exact) mass is 190 g/mol. The van der Waals surface area contributed by atoms with Crippen LogP contribution in [0, 0.1) is 0 Å². The van der Waals surface area contributed by atoms with Crippen molar-refractivity contribution in [1.82, 2.24) is 15.2 Å². The van der Waals surface area contributed by atoms with Gasteiger partial charge in [-0.1, -0.05) is 0 Å². The maximum absolute atomic E-state index is 11.8. The highest BCUT2D eigenvalue weighted by Gasteiger charge is 2.17. The minimum Gasteiger partial charge on any atom is -0.336 e. The number of carbonyl (C=O) groups is 1. The number of amides is 1. The predicted molar refractivity (Wildman–Crippen MR) is 52.0 cm³/mol. The van der Waals surface area contributed by atoms with E-state index in [4.69, 9.17) is 0 Å². The number of rotatable bonds is 1. The lowest BCUT2D eigenvalue weighted by Crippen LogP contribution is -2.43. The average Bonchev–Trinajstić information content (AvgIpc) is 2.30. The second-order valence-corrected chi connectivity index (χ2v) is 3.20. The van der Waals surface area contributed by atoms with Crippen molar-refractivity contribution in [1.29, 1.82) is 0 Å². The summed E-state index contributed by atoms with van der Waals surface area (Å²) in [5.41, 5.74) is 0.661. The fourth-order valence-corrected chi connectivity index (χ4v) is 1.48. The van der Waals surface area contributed by atoms with Crippen LogP contribution in [0.25, 0.3) is 0 Å². The molecule has 1 aromatic heterocycles. The van der Waals surface area contributed by atoms with E-state index in [0.717, 1.165) is 26.2 Å². The summed E-state index contributed by atoms with van der Waals surface area (Å²) in [7, 11) is 0. The predicted octanol–water partition coefficient (Wildman–Crippen LogP) is 0.142. The van der Waals surface area contributed by atoms with Gasteiger partial charge in [-0.25, -0.2) is 5.32 Å². The molecule has 0 aliphatic carbocycles. The molecule has 1 amide bonds. The SMILES string of the molecule is O=C(c1cccnc1)N1CC[N]CC1. The molecule has 1 aliphatic rings. The highest BCUT2D eigenvalue weighted by molar-refractivity contribution is 5.93. The largest absolute Gasteiger partial charge is 0.336 e. The quantitative estimate of drug-likeness (QED) is 0.632. The van der Waals surface area contributed by atoms with Gasteiger partial charge in [-0.3, -0.25) is 9.78 Å². The Balaban J connectivity index is 2.07. The molecule has 14 heavy (non-hydrogen) atoms. The molecule has 0 N–H and O–H groups in total. The van der Waals surface area contributed by atoms with Crippen molar-refractivity contribution < 1.29 is 4.79 Å². The molecule has 1 fully saturated rings. The fourth-order valence-electron chi connectivity index (χ4n) is 1.48. The van der Waals surface area contributed by atoms with Crippen molar-refractivity contribution in [3.8, 4) is 0 Å². The molecule has 0 atom stereocenters. The summed E-state index contributed by atoms with van der Waals surface area (Å²) in [4.78, 5) is 17.6. The molecule has 73 valence electrons.